The Hall–Kier alpha value is -1.99. The van der Waals surface area contributed by atoms with E-state index in [1.165, 1.54) is 18.3 Å². The zero-order chi connectivity index (χ0) is 26.3. The Morgan fingerprint density at radius 3 is 2.50 bits per heavy atom. The van der Waals surface area contributed by atoms with Crippen LogP contribution in [-0.2, 0) is 17.2 Å². The first-order valence-electron chi connectivity index (χ1n) is 11.7. The molecule has 2 aromatic heterocycles. The Kier molecular flexibility index (Phi) is 7.55. The van der Waals surface area contributed by atoms with Gasteiger partial charge in [0.1, 0.15) is 17.0 Å². The zero-order valence-corrected chi connectivity index (χ0v) is 21.9. The van der Waals surface area contributed by atoms with Crippen LogP contribution in [0.5, 0.6) is 0 Å². The molecule has 1 aliphatic heterocycles. The standard InChI is InChI=1S/C23H30F4N6OS2/c1-21(2,3)36(34)32-17-14(24)6-7-22(17)8-11-33(12-9-22)16-13-30-20(19(28)31-16)35-15-5-4-10-29-18(15)23(25,26)27/h4-5,10,13-14,17,32H,6-9,11-12H2,1-3H3,(H2,28,31). The third-order valence-corrected chi connectivity index (χ3v) is 9.45. The summed E-state index contributed by atoms with van der Waals surface area (Å²) in [4.78, 5) is 14.0. The molecule has 36 heavy (non-hydrogen) atoms. The van der Waals surface area contributed by atoms with Crippen molar-refractivity contribution in [2.45, 2.75) is 79.5 Å². The number of hydrogen-bond acceptors (Lipinski definition) is 7. The fourth-order valence-corrected chi connectivity index (χ4v) is 6.63. The first-order chi connectivity index (χ1) is 16.8. The van der Waals surface area contributed by atoms with E-state index in [0.717, 1.165) is 24.4 Å². The number of nitrogens with one attached hydrogen (secondary N) is 1. The highest BCUT2D eigenvalue weighted by atomic mass is 32.2. The Balaban J connectivity index is 1.45. The number of hydrogen-bond donors (Lipinski definition) is 2. The normalized spacial score (nSPS) is 23.2. The molecule has 2 aromatic rings. The van der Waals surface area contributed by atoms with E-state index in [2.05, 4.69) is 19.7 Å². The van der Waals surface area contributed by atoms with Gasteiger partial charge < -0.3 is 10.6 Å². The molecule has 1 saturated heterocycles. The first-order valence-corrected chi connectivity index (χ1v) is 13.7. The van der Waals surface area contributed by atoms with Crippen LogP contribution in [0.2, 0.25) is 0 Å². The molecule has 0 radical (unpaired) electrons. The van der Waals surface area contributed by atoms with E-state index in [4.69, 9.17) is 5.73 Å². The van der Waals surface area contributed by atoms with E-state index in [1.54, 1.807) is 0 Å². The fraction of sp³-hybridized carbons (Fsp3) is 0.609. The number of nitrogens with zero attached hydrogens (tertiary/aromatic N) is 4. The second kappa shape index (κ2) is 10.1. The van der Waals surface area contributed by atoms with Gasteiger partial charge in [0.25, 0.3) is 0 Å². The van der Waals surface area contributed by atoms with Crippen molar-refractivity contribution < 1.29 is 21.8 Å². The van der Waals surface area contributed by atoms with Crippen LogP contribution in [0.4, 0.5) is 29.2 Å². The summed E-state index contributed by atoms with van der Waals surface area (Å²) in [7, 11) is -1.37. The van der Waals surface area contributed by atoms with Crippen LogP contribution in [-0.4, -0.2) is 49.2 Å². The van der Waals surface area contributed by atoms with Crippen LogP contribution in [0.15, 0.2) is 34.4 Å². The third-order valence-electron chi connectivity index (χ3n) is 6.81. The molecule has 3 unspecified atom stereocenters. The van der Waals surface area contributed by atoms with Gasteiger partial charge in [0, 0.05) is 24.2 Å². The minimum atomic E-state index is -4.60. The van der Waals surface area contributed by atoms with Gasteiger partial charge in [-0.05, 0) is 64.0 Å². The number of alkyl halides is 4. The lowest BCUT2D eigenvalue weighted by Gasteiger charge is -2.44. The average molecular weight is 547 g/mol. The smallest absolute Gasteiger partial charge is 0.381 e. The summed E-state index contributed by atoms with van der Waals surface area (Å²) in [6.07, 6.45) is -0.529. The van der Waals surface area contributed by atoms with E-state index in [0.29, 0.717) is 38.2 Å². The fourth-order valence-electron chi connectivity index (χ4n) is 4.77. The highest BCUT2D eigenvalue weighted by Crippen LogP contribution is 2.48. The molecule has 1 spiro atoms. The quantitative estimate of drug-likeness (QED) is 0.522. The van der Waals surface area contributed by atoms with Gasteiger partial charge in [0.15, 0.2) is 11.5 Å². The van der Waals surface area contributed by atoms with E-state index in [-0.39, 0.29) is 21.2 Å². The number of piperidine rings is 1. The molecule has 1 aliphatic carbocycles. The van der Waals surface area contributed by atoms with Gasteiger partial charge in [-0.25, -0.2) is 23.3 Å². The molecule has 0 aromatic carbocycles. The lowest BCUT2D eigenvalue weighted by Crippen LogP contribution is -2.54. The number of rotatable bonds is 5. The molecule has 0 amide bonds. The SMILES string of the molecule is CC(C)(C)S(=O)NC1C(F)CCC12CCN(c1cnc(Sc3cccnc3C(F)(F)F)c(N)n1)CC2. The van der Waals surface area contributed by atoms with Crippen molar-refractivity contribution >= 4 is 34.4 Å². The molecule has 0 bridgehead atoms. The summed E-state index contributed by atoms with van der Waals surface area (Å²) in [5.41, 5.74) is 4.78. The lowest BCUT2D eigenvalue weighted by molar-refractivity contribution is -0.143. The van der Waals surface area contributed by atoms with Gasteiger partial charge in [-0.15, -0.1) is 0 Å². The van der Waals surface area contributed by atoms with Gasteiger partial charge >= 0.3 is 6.18 Å². The van der Waals surface area contributed by atoms with Crippen molar-refractivity contribution in [2.75, 3.05) is 23.7 Å². The molecule has 2 fully saturated rings. The lowest BCUT2D eigenvalue weighted by atomic mass is 9.74. The summed E-state index contributed by atoms with van der Waals surface area (Å²) in [6.45, 7) is 6.76. The van der Waals surface area contributed by atoms with Crippen molar-refractivity contribution in [2.24, 2.45) is 5.41 Å². The second-order valence-corrected chi connectivity index (χ2v) is 13.3. The van der Waals surface area contributed by atoms with Crippen molar-refractivity contribution in [3.8, 4) is 0 Å². The van der Waals surface area contributed by atoms with E-state index in [9.17, 15) is 21.8 Å². The van der Waals surface area contributed by atoms with Gasteiger partial charge in [0.2, 0.25) is 0 Å². The molecule has 3 atom stereocenters. The van der Waals surface area contributed by atoms with E-state index >= 15 is 0 Å². The minimum Gasteiger partial charge on any atom is -0.381 e. The Labute approximate surface area is 214 Å². The van der Waals surface area contributed by atoms with Crippen molar-refractivity contribution in [3.63, 3.8) is 0 Å². The molecule has 3 heterocycles. The van der Waals surface area contributed by atoms with Crippen LogP contribution >= 0.6 is 11.8 Å². The van der Waals surface area contributed by atoms with Crippen LogP contribution in [0.3, 0.4) is 0 Å². The Morgan fingerprint density at radius 2 is 1.89 bits per heavy atom. The highest BCUT2D eigenvalue weighted by molar-refractivity contribution is 7.99. The number of halogens is 4. The highest BCUT2D eigenvalue weighted by Gasteiger charge is 2.51. The molecular formula is C23H30F4N6OS2. The number of nitrogens with two attached hydrogens (primary N) is 1. The van der Waals surface area contributed by atoms with Crippen LogP contribution in [0.1, 0.15) is 52.1 Å². The largest absolute Gasteiger partial charge is 0.434 e. The number of nitrogen functional groups attached to an aromatic ring is 1. The van der Waals surface area contributed by atoms with E-state index in [1.807, 2.05) is 25.7 Å². The predicted molar refractivity (Wildman–Crippen MR) is 133 cm³/mol. The first kappa shape index (κ1) is 27.1. The molecule has 13 heteroatoms. The third kappa shape index (κ3) is 5.62. The van der Waals surface area contributed by atoms with Gasteiger partial charge in [-0.2, -0.15) is 13.2 Å². The minimum absolute atomic E-state index is 0.0274. The van der Waals surface area contributed by atoms with Crippen LogP contribution in [0.25, 0.3) is 0 Å². The van der Waals surface area contributed by atoms with Crippen molar-refractivity contribution in [3.05, 3.63) is 30.2 Å². The van der Waals surface area contributed by atoms with Crippen molar-refractivity contribution in [1.82, 2.24) is 19.7 Å². The summed E-state index contributed by atoms with van der Waals surface area (Å²) in [5.74, 6) is 0.547. The topological polar surface area (TPSA) is 97.0 Å². The molecule has 2 aliphatic rings. The van der Waals surface area contributed by atoms with Gasteiger partial charge in [0.05, 0.1) is 28.0 Å². The zero-order valence-electron chi connectivity index (χ0n) is 20.3. The molecule has 1 saturated carbocycles. The number of aromatic nitrogens is 3. The number of anilines is 2. The number of pyridine rings is 1. The molecule has 3 N–H and O–H groups in total. The summed E-state index contributed by atoms with van der Waals surface area (Å²) in [6, 6.07) is 2.26. The molecule has 7 nitrogen and oxygen atoms in total. The summed E-state index contributed by atoms with van der Waals surface area (Å²) >= 11 is 0.768. The maximum absolute atomic E-state index is 14.8. The van der Waals surface area contributed by atoms with Crippen LogP contribution < -0.4 is 15.4 Å². The molecule has 198 valence electrons. The van der Waals surface area contributed by atoms with E-state index < -0.39 is 39.8 Å². The Morgan fingerprint density at radius 1 is 1.19 bits per heavy atom. The Bertz CT molecular complexity index is 1120. The van der Waals surface area contributed by atoms with Crippen LogP contribution in [0, 0.1) is 5.41 Å². The maximum Gasteiger partial charge on any atom is 0.434 e. The summed E-state index contributed by atoms with van der Waals surface area (Å²) < 4.78 is 69.9. The maximum atomic E-state index is 14.8. The summed E-state index contributed by atoms with van der Waals surface area (Å²) in [5, 5.41) is 0.163. The predicted octanol–water partition coefficient (Wildman–Crippen LogP) is 4.76. The van der Waals surface area contributed by atoms with Crippen molar-refractivity contribution in [1.29, 1.82) is 0 Å². The second-order valence-electron chi connectivity index (χ2n) is 10.2. The molecular weight excluding hydrogens is 516 g/mol. The average Bonchev–Trinajstić information content (AvgIpc) is 3.09. The van der Waals surface area contributed by atoms with Gasteiger partial charge in [-0.3, -0.25) is 4.98 Å². The monoisotopic (exact) mass is 546 g/mol. The van der Waals surface area contributed by atoms with Gasteiger partial charge in [-0.1, -0.05) is 11.8 Å². The molecule has 4 rings (SSSR count).